The number of amides is 1. The third-order valence-electron chi connectivity index (χ3n) is 5.90. The Bertz CT molecular complexity index is 1190. The molecule has 0 aromatic heterocycles. The monoisotopic (exact) mass is 511 g/mol. The molecule has 3 aromatic carbocycles. The van der Waals surface area contributed by atoms with Gasteiger partial charge < -0.3 is 10.0 Å². The SMILES string of the molecule is CC(C)c1ccc(C(=O)CC2(O)C(=O)N(Cc3ccccc3Cl)c3ccc(Br)cc32)cc1. The summed E-state index contributed by atoms with van der Waals surface area (Å²) in [6, 6.07) is 19.9. The van der Waals surface area contributed by atoms with Gasteiger partial charge in [-0.1, -0.05) is 83.8 Å². The van der Waals surface area contributed by atoms with Crippen LogP contribution < -0.4 is 4.90 Å². The third kappa shape index (κ3) is 4.13. The second kappa shape index (κ2) is 8.81. The van der Waals surface area contributed by atoms with E-state index in [1.807, 2.05) is 36.4 Å². The lowest BCUT2D eigenvalue weighted by Gasteiger charge is -2.23. The Morgan fingerprint density at radius 2 is 1.78 bits per heavy atom. The molecule has 1 heterocycles. The lowest BCUT2D eigenvalue weighted by atomic mass is 9.87. The number of ketones is 1. The zero-order valence-electron chi connectivity index (χ0n) is 17.8. The van der Waals surface area contributed by atoms with E-state index in [-0.39, 0.29) is 18.7 Å². The lowest BCUT2D eigenvalue weighted by molar-refractivity contribution is -0.136. The lowest BCUT2D eigenvalue weighted by Crippen LogP contribution is -2.41. The molecule has 1 N–H and O–H groups in total. The van der Waals surface area contributed by atoms with Gasteiger partial charge in [-0.15, -0.1) is 0 Å². The first-order valence-corrected chi connectivity index (χ1v) is 11.6. The number of carbonyl (C=O) groups excluding carboxylic acids is 2. The Kier molecular flexibility index (Phi) is 6.26. The van der Waals surface area contributed by atoms with Crippen molar-refractivity contribution in [2.24, 2.45) is 0 Å². The van der Waals surface area contributed by atoms with Gasteiger partial charge in [0.05, 0.1) is 18.7 Å². The molecule has 1 aliphatic rings. The number of rotatable bonds is 6. The molecule has 3 aromatic rings. The minimum Gasteiger partial charge on any atom is -0.375 e. The second-order valence-corrected chi connectivity index (χ2v) is 9.70. The fourth-order valence-electron chi connectivity index (χ4n) is 4.04. The minimum absolute atomic E-state index is 0.201. The molecule has 0 bridgehead atoms. The van der Waals surface area contributed by atoms with Crippen molar-refractivity contribution in [1.29, 1.82) is 0 Å². The number of hydrogen-bond acceptors (Lipinski definition) is 3. The summed E-state index contributed by atoms with van der Waals surface area (Å²) < 4.78 is 0.718. The zero-order valence-corrected chi connectivity index (χ0v) is 20.2. The van der Waals surface area contributed by atoms with Crippen molar-refractivity contribution in [1.82, 2.24) is 0 Å². The maximum absolute atomic E-state index is 13.5. The molecule has 4 nitrogen and oxygen atoms in total. The molecule has 4 rings (SSSR count). The third-order valence-corrected chi connectivity index (χ3v) is 6.76. The summed E-state index contributed by atoms with van der Waals surface area (Å²) in [6.45, 7) is 4.37. The van der Waals surface area contributed by atoms with Gasteiger partial charge in [-0.05, 0) is 41.3 Å². The summed E-state index contributed by atoms with van der Waals surface area (Å²) in [4.78, 5) is 28.1. The first-order valence-electron chi connectivity index (χ1n) is 10.4. The Morgan fingerprint density at radius 1 is 1.09 bits per heavy atom. The van der Waals surface area contributed by atoms with Crippen LogP contribution in [0.5, 0.6) is 0 Å². The molecule has 0 radical (unpaired) electrons. The van der Waals surface area contributed by atoms with Crippen LogP contribution in [0.25, 0.3) is 0 Å². The van der Waals surface area contributed by atoms with Crippen LogP contribution in [0.1, 0.15) is 53.2 Å². The number of Topliss-reactive ketones (excluding diaryl/α,β-unsaturated/α-hetero) is 1. The predicted molar refractivity (Wildman–Crippen MR) is 130 cm³/mol. The molecule has 32 heavy (non-hydrogen) atoms. The van der Waals surface area contributed by atoms with Crippen molar-refractivity contribution in [3.05, 3.63) is 98.5 Å². The minimum atomic E-state index is -1.95. The Balaban J connectivity index is 1.68. The van der Waals surface area contributed by atoms with Crippen molar-refractivity contribution < 1.29 is 14.7 Å². The van der Waals surface area contributed by atoms with Crippen molar-refractivity contribution in [3.63, 3.8) is 0 Å². The van der Waals surface area contributed by atoms with Gasteiger partial charge in [-0.2, -0.15) is 0 Å². The average molecular weight is 513 g/mol. The predicted octanol–water partition coefficient (Wildman–Crippen LogP) is 6.23. The zero-order chi connectivity index (χ0) is 23.0. The van der Waals surface area contributed by atoms with Crippen LogP contribution in [0.2, 0.25) is 5.02 Å². The van der Waals surface area contributed by atoms with Crippen LogP contribution in [0.4, 0.5) is 5.69 Å². The average Bonchev–Trinajstić information content (AvgIpc) is 2.96. The van der Waals surface area contributed by atoms with Crippen molar-refractivity contribution in [3.8, 4) is 0 Å². The van der Waals surface area contributed by atoms with Crippen LogP contribution in [0, 0.1) is 0 Å². The van der Waals surface area contributed by atoms with Crippen LogP contribution in [0.3, 0.4) is 0 Å². The van der Waals surface area contributed by atoms with Gasteiger partial charge in [0, 0.05) is 20.6 Å². The summed E-state index contributed by atoms with van der Waals surface area (Å²) in [6.07, 6.45) is -0.338. The fraction of sp³-hybridized carbons (Fsp3) is 0.231. The summed E-state index contributed by atoms with van der Waals surface area (Å²) in [5.74, 6) is -0.471. The maximum Gasteiger partial charge on any atom is 0.264 e. The summed E-state index contributed by atoms with van der Waals surface area (Å²) in [5, 5.41) is 12.1. The Hall–Kier alpha value is -2.47. The normalized spacial score (nSPS) is 17.7. The van der Waals surface area contributed by atoms with E-state index >= 15 is 0 Å². The van der Waals surface area contributed by atoms with E-state index in [0.29, 0.717) is 27.8 Å². The van der Waals surface area contributed by atoms with E-state index in [9.17, 15) is 14.7 Å². The van der Waals surface area contributed by atoms with E-state index < -0.39 is 11.5 Å². The van der Waals surface area contributed by atoms with Crippen LogP contribution in [-0.2, 0) is 16.9 Å². The molecule has 0 saturated carbocycles. The highest BCUT2D eigenvalue weighted by molar-refractivity contribution is 9.10. The van der Waals surface area contributed by atoms with Crippen LogP contribution >= 0.6 is 27.5 Å². The van der Waals surface area contributed by atoms with Gasteiger partial charge in [0.2, 0.25) is 0 Å². The molecule has 1 aliphatic heterocycles. The molecule has 1 atom stereocenters. The number of halogens is 2. The molecule has 0 saturated heterocycles. The van der Waals surface area contributed by atoms with Crippen LogP contribution in [-0.4, -0.2) is 16.8 Å². The van der Waals surface area contributed by atoms with Crippen molar-refractivity contribution >= 4 is 44.9 Å². The molecule has 0 fully saturated rings. The topological polar surface area (TPSA) is 57.6 Å². The van der Waals surface area contributed by atoms with Crippen molar-refractivity contribution in [2.45, 2.75) is 38.3 Å². The summed E-state index contributed by atoms with van der Waals surface area (Å²) in [7, 11) is 0. The van der Waals surface area contributed by atoms with E-state index in [0.717, 1.165) is 15.6 Å². The van der Waals surface area contributed by atoms with Gasteiger partial charge >= 0.3 is 0 Å². The number of hydrogen-bond donors (Lipinski definition) is 1. The highest BCUT2D eigenvalue weighted by Gasteiger charge is 2.51. The van der Waals surface area contributed by atoms with Gasteiger partial charge in [0.1, 0.15) is 0 Å². The number of nitrogens with zero attached hydrogens (tertiary/aromatic N) is 1. The van der Waals surface area contributed by atoms with Gasteiger partial charge in [-0.25, -0.2) is 0 Å². The quantitative estimate of drug-likeness (QED) is 0.398. The van der Waals surface area contributed by atoms with E-state index in [1.54, 1.807) is 30.3 Å². The molecular formula is C26H23BrClNO3. The number of benzene rings is 3. The Labute approximate surface area is 201 Å². The molecule has 0 spiro atoms. The number of aliphatic hydroxyl groups is 1. The molecular weight excluding hydrogens is 490 g/mol. The molecule has 0 aliphatic carbocycles. The van der Waals surface area contributed by atoms with E-state index in [2.05, 4.69) is 29.8 Å². The highest BCUT2D eigenvalue weighted by atomic mass is 79.9. The fourth-order valence-corrected chi connectivity index (χ4v) is 4.59. The number of anilines is 1. The standard InChI is InChI=1S/C26H23BrClNO3/c1-16(2)17-7-9-18(10-8-17)24(30)14-26(32)21-13-20(27)11-12-23(21)29(25(26)31)15-19-5-3-4-6-22(19)28/h3-13,16,32H,14-15H2,1-2H3. The van der Waals surface area contributed by atoms with Gasteiger partial charge in [0.15, 0.2) is 11.4 Å². The Morgan fingerprint density at radius 3 is 2.44 bits per heavy atom. The molecule has 164 valence electrons. The summed E-state index contributed by atoms with van der Waals surface area (Å²) in [5.41, 5.74) is 1.39. The molecule has 1 unspecified atom stereocenters. The van der Waals surface area contributed by atoms with Crippen molar-refractivity contribution in [2.75, 3.05) is 4.90 Å². The molecule has 1 amide bonds. The first-order chi connectivity index (χ1) is 15.2. The van der Waals surface area contributed by atoms with Gasteiger partial charge in [0.25, 0.3) is 5.91 Å². The van der Waals surface area contributed by atoms with E-state index in [4.69, 9.17) is 11.6 Å². The summed E-state index contributed by atoms with van der Waals surface area (Å²) >= 11 is 9.73. The number of fused-ring (bicyclic) bond motifs is 1. The first kappa shape index (κ1) is 22.7. The maximum atomic E-state index is 13.5. The smallest absolute Gasteiger partial charge is 0.264 e. The number of carbonyl (C=O) groups is 2. The van der Waals surface area contributed by atoms with Crippen LogP contribution in [0.15, 0.2) is 71.2 Å². The van der Waals surface area contributed by atoms with Gasteiger partial charge in [-0.3, -0.25) is 9.59 Å². The molecule has 6 heteroatoms. The second-order valence-electron chi connectivity index (χ2n) is 8.38. The highest BCUT2D eigenvalue weighted by Crippen LogP contribution is 2.45. The largest absolute Gasteiger partial charge is 0.375 e. The van der Waals surface area contributed by atoms with E-state index in [1.165, 1.54) is 4.90 Å².